The maximum Gasteiger partial charge on any atom is 0.251 e. The van der Waals surface area contributed by atoms with Crippen LogP contribution in [0, 0.1) is 13.8 Å². The average molecular weight is 380 g/mol. The third kappa shape index (κ3) is 4.52. The van der Waals surface area contributed by atoms with Crippen LogP contribution < -0.4 is 14.8 Å². The zero-order valence-corrected chi connectivity index (χ0v) is 16.5. The quantitative estimate of drug-likeness (QED) is 0.659. The molecular weight excluding hydrogens is 356 g/mol. The van der Waals surface area contributed by atoms with Gasteiger partial charge < -0.3 is 19.3 Å². The fourth-order valence-corrected chi connectivity index (χ4v) is 2.82. The topological polar surface area (TPSA) is 73.6 Å². The van der Waals surface area contributed by atoms with Gasteiger partial charge >= 0.3 is 0 Å². The van der Waals surface area contributed by atoms with Crippen LogP contribution in [0.4, 0.5) is 0 Å². The lowest BCUT2D eigenvalue weighted by molar-refractivity contribution is 0.0940. The molecule has 0 aliphatic heterocycles. The van der Waals surface area contributed by atoms with Gasteiger partial charge in [-0.05, 0) is 62.7 Å². The smallest absolute Gasteiger partial charge is 0.251 e. The Hall–Kier alpha value is -3.28. The molecule has 0 radical (unpaired) electrons. The number of aromatic nitrogens is 1. The summed E-state index contributed by atoms with van der Waals surface area (Å²) in [6.07, 6.45) is 0. The number of rotatable bonds is 7. The monoisotopic (exact) mass is 380 g/mol. The highest BCUT2D eigenvalue weighted by Crippen LogP contribution is 2.20. The normalized spacial score (nSPS) is 11.7. The minimum atomic E-state index is -0.138. The Kier molecular flexibility index (Phi) is 5.99. The molecule has 1 N–H and O–H groups in total. The summed E-state index contributed by atoms with van der Waals surface area (Å²) in [7, 11) is 1.63. The first kappa shape index (κ1) is 19.5. The second kappa shape index (κ2) is 8.61. The van der Waals surface area contributed by atoms with E-state index in [0.717, 1.165) is 28.3 Å². The Morgan fingerprint density at radius 2 is 1.71 bits per heavy atom. The van der Waals surface area contributed by atoms with E-state index in [4.69, 9.17) is 14.0 Å². The molecule has 0 spiro atoms. The summed E-state index contributed by atoms with van der Waals surface area (Å²) in [5.74, 6) is 2.08. The van der Waals surface area contributed by atoms with Crippen LogP contribution in [0.15, 0.2) is 53.1 Å². The van der Waals surface area contributed by atoms with Gasteiger partial charge in [-0.2, -0.15) is 0 Å². The van der Waals surface area contributed by atoms with Crippen LogP contribution in [0.3, 0.4) is 0 Å². The Labute approximate surface area is 164 Å². The number of carbonyl (C=O) groups is 1. The van der Waals surface area contributed by atoms with Gasteiger partial charge in [-0.15, -0.1) is 0 Å². The highest BCUT2D eigenvalue weighted by atomic mass is 16.5. The van der Waals surface area contributed by atoms with E-state index in [1.165, 1.54) is 0 Å². The number of ether oxygens (including phenoxy) is 2. The lowest BCUT2D eigenvalue weighted by Gasteiger charge is -2.15. The fraction of sp³-hybridized carbons (Fsp3) is 0.273. The second-order valence-electron chi connectivity index (χ2n) is 6.58. The molecule has 0 fully saturated rings. The van der Waals surface area contributed by atoms with Crippen molar-refractivity contribution in [2.75, 3.05) is 7.11 Å². The number of hydrogen-bond acceptors (Lipinski definition) is 5. The first-order valence-electron chi connectivity index (χ1n) is 9.07. The van der Waals surface area contributed by atoms with Gasteiger partial charge in [0, 0.05) is 5.56 Å². The number of nitrogens with one attached hydrogen (secondary N) is 1. The molecule has 1 heterocycles. The third-order valence-electron chi connectivity index (χ3n) is 4.64. The number of hydrogen-bond donors (Lipinski definition) is 1. The van der Waals surface area contributed by atoms with Crippen molar-refractivity contribution in [1.29, 1.82) is 0 Å². The Morgan fingerprint density at radius 3 is 2.29 bits per heavy atom. The molecule has 6 heteroatoms. The molecule has 0 saturated carbocycles. The molecule has 28 heavy (non-hydrogen) atoms. The van der Waals surface area contributed by atoms with Crippen LogP contribution in [0.5, 0.6) is 11.5 Å². The van der Waals surface area contributed by atoms with Crippen molar-refractivity contribution in [1.82, 2.24) is 10.5 Å². The van der Waals surface area contributed by atoms with Crippen molar-refractivity contribution >= 4 is 5.91 Å². The van der Waals surface area contributed by atoms with E-state index in [2.05, 4.69) is 10.5 Å². The highest BCUT2D eigenvalue weighted by Gasteiger charge is 2.13. The first-order valence-corrected chi connectivity index (χ1v) is 9.07. The largest absolute Gasteiger partial charge is 0.497 e. The van der Waals surface area contributed by atoms with Gasteiger partial charge in [-0.25, -0.2) is 0 Å². The molecule has 1 atom stereocenters. The summed E-state index contributed by atoms with van der Waals surface area (Å²) in [4.78, 5) is 12.5. The average Bonchev–Trinajstić information content (AvgIpc) is 3.04. The van der Waals surface area contributed by atoms with Crippen LogP contribution in [-0.4, -0.2) is 18.2 Å². The molecular formula is C22H24N2O4. The van der Waals surface area contributed by atoms with Crippen molar-refractivity contribution in [2.24, 2.45) is 0 Å². The van der Waals surface area contributed by atoms with Gasteiger partial charge in [0.15, 0.2) is 0 Å². The van der Waals surface area contributed by atoms with Crippen LogP contribution in [0.25, 0.3) is 0 Å². The minimum Gasteiger partial charge on any atom is -0.497 e. The zero-order valence-electron chi connectivity index (χ0n) is 16.5. The number of aryl methyl sites for hydroxylation is 2. The molecule has 0 aliphatic carbocycles. The van der Waals surface area contributed by atoms with Crippen molar-refractivity contribution in [2.45, 2.75) is 33.4 Å². The number of nitrogens with zero attached hydrogens (tertiary/aromatic N) is 1. The van der Waals surface area contributed by atoms with Crippen molar-refractivity contribution in [3.05, 3.63) is 76.7 Å². The summed E-state index contributed by atoms with van der Waals surface area (Å²) in [5, 5.41) is 6.91. The van der Waals surface area contributed by atoms with E-state index in [-0.39, 0.29) is 11.9 Å². The summed E-state index contributed by atoms with van der Waals surface area (Å²) < 4.78 is 16.1. The van der Waals surface area contributed by atoms with Gasteiger partial charge in [0.25, 0.3) is 5.91 Å². The Balaban J connectivity index is 1.58. The summed E-state index contributed by atoms with van der Waals surface area (Å²) >= 11 is 0. The van der Waals surface area contributed by atoms with Gasteiger partial charge in [0.05, 0.1) is 24.4 Å². The predicted octanol–water partition coefficient (Wildman–Crippen LogP) is 4.37. The lowest BCUT2D eigenvalue weighted by atomic mass is 10.1. The molecule has 2 aromatic carbocycles. The van der Waals surface area contributed by atoms with E-state index in [1.807, 2.05) is 45.0 Å². The predicted molar refractivity (Wildman–Crippen MR) is 106 cm³/mol. The Morgan fingerprint density at radius 1 is 1.07 bits per heavy atom. The molecule has 0 unspecified atom stereocenters. The van der Waals surface area contributed by atoms with Gasteiger partial charge in [0.2, 0.25) is 0 Å². The van der Waals surface area contributed by atoms with Gasteiger partial charge in [0.1, 0.15) is 23.9 Å². The van der Waals surface area contributed by atoms with Crippen LogP contribution in [0.1, 0.15) is 45.9 Å². The number of amides is 1. The third-order valence-corrected chi connectivity index (χ3v) is 4.64. The molecule has 0 saturated heterocycles. The summed E-state index contributed by atoms with van der Waals surface area (Å²) in [5.41, 5.74) is 3.34. The minimum absolute atomic E-state index is 0.117. The molecule has 3 aromatic rings. The van der Waals surface area contributed by atoms with Crippen molar-refractivity contribution in [3.63, 3.8) is 0 Å². The van der Waals surface area contributed by atoms with E-state index in [1.54, 1.807) is 31.4 Å². The van der Waals surface area contributed by atoms with Crippen LogP contribution >= 0.6 is 0 Å². The van der Waals surface area contributed by atoms with E-state index < -0.39 is 0 Å². The van der Waals surface area contributed by atoms with Crippen LogP contribution in [0.2, 0.25) is 0 Å². The summed E-state index contributed by atoms with van der Waals surface area (Å²) in [6.45, 7) is 6.06. The van der Waals surface area contributed by atoms with Crippen LogP contribution in [-0.2, 0) is 6.61 Å². The summed E-state index contributed by atoms with van der Waals surface area (Å²) in [6, 6.07) is 14.6. The highest BCUT2D eigenvalue weighted by molar-refractivity contribution is 5.94. The van der Waals surface area contributed by atoms with Gasteiger partial charge in [-0.3, -0.25) is 4.79 Å². The number of carbonyl (C=O) groups excluding carboxylic acids is 1. The van der Waals surface area contributed by atoms with Crippen molar-refractivity contribution in [3.8, 4) is 11.5 Å². The van der Waals surface area contributed by atoms with Gasteiger partial charge in [-0.1, -0.05) is 17.3 Å². The second-order valence-corrected chi connectivity index (χ2v) is 6.58. The lowest BCUT2D eigenvalue weighted by Crippen LogP contribution is -2.26. The number of benzene rings is 2. The molecule has 1 amide bonds. The molecule has 0 bridgehead atoms. The maximum atomic E-state index is 12.5. The molecule has 0 aliphatic rings. The SMILES string of the molecule is COc1ccc([C@@H](C)NC(=O)c2ccc(OCc3c(C)noc3C)cc2)cc1. The van der Waals surface area contributed by atoms with E-state index in [9.17, 15) is 4.79 Å². The molecule has 6 nitrogen and oxygen atoms in total. The standard InChI is InChI=1S/C22H24N2O4/c1-14(17-5-9-19(26-4)10-6-17)23-22(25)18-7-11-20(12-8-18)27-13-21-15(2)24-28-16(21)3/h5-12,14H,13H2,1-4H3,(H,23,25)/t14-/m1/s1. The van der Waals surface area contributed by atoms with Crippen molar-refractivity contribution < 1.29 is 18.8 Å². The molecule has 146 valence electrons. The fourth-order valence-electron chi connectivity index (χ4n) is 2.82. The number of methoxy groups -OCH3 is 1. The maximum absolute atomic E-state index is 12.5. The van der Waals surface area contributed by atoms with E-state index in [0.29, 0.717) is 17.9 Å². The van der Waals surface area contributed by atoms with E-state index >= 15 is 0 Å². The first-order chi connectivity index (χ1) is 13.5. The zero-order chi connectivity index (χ0) is 20.1. The Bertz CT molecular complexity index is 911. The molecule has 3 rings (SSSR count). The molecule has 1 aromatic heterocycles.